The van der Waals surface area contributed by atoms with Gasteiger partial charge in [-0.25, -0.2) is 4.98 Å². The zero-order chi connectivity index (χ0) is 13.8. The summed E-state index contributed by atoms with van der Waals surface area (Å²) < 4.78 is 5.01. The molecule has 0 fully saturated rings. The first-order valence-electron chi connectivity index (χ1n) is 6.34. The highest BCUT2D eigenvalue weighted by molar-refractivity contribution is 5.32. The standard InChI is InChI=1S/C16H19NO2/c1-11-4-5-12(2)14(8-11)9-15(18)13-6-7-16(19-3)17-10-13/h4-8,10,15,18H,9H2,1-3H3. The van der Waals surface area contributed by atoms with E-state index in [9.17, 15) is 5.11 Å². The molecule has 0 bridgehead atoms. The van der Waals surface area contributed by atoms with Gasteiger partial charge in [0.05, 0.1) is 13.2 Å². The first kappa shape index (κ1) is 13.6. The summed E-state index contributed by atoms with van der Waals surface area (Å²) in [6, 6.07) is 9.91. The fourth-order valence-corrected chi connectivity index (χ4v) is 2.06. The van der Waals surface area contributed by atoms with Crippen LogP contribution in [0.4, 0.5) is 0 Å². The molecule has 100 valence electrons. The number of ether oxygens (including phenoxy) is 1. The lowest BCUT2D eigenvalue weighted by Gasteiger charge is -2.13. The Balaban J connectivity index is 2.15. The summed E-state index contributed by atoms with van der Waals surface area (Å²) in [5, 5.41) is 10.3. The highest BCUT2D eigenvalue weighted by atomic mass is 16.5. The van der Waals surface area contributed by atoms with Crippen molar-refractivity contribution in [2.75, 3.05) is 7.11 Å². The van der Waals surface area contributed by atoms with E-state index in [4.69, 9.17) is 4.74 Å². The summed E-state index contributed by atoms with van der Waals surface area (Å²) >= 11 is 0. The van der Waals surface area contributed by atoms with Gasteiger partial charge in [0.15, 0.2) is 0 Å². The van der Waals surface area contributed by atoms with E-state index in [-0.39, 0.29) is 0 Å². The summed E-state index contributed by atoms with van der Waals surface area (Å²) in [4.78, 5) is 4.12. The predicted molar refractivity (Wildman–Crippen MR) is 75.4 cm³/mol. The van der Waals surface area contributed by atoms with Gasteiger partial charge in [0.2, 0.25) is 5.88 Å². The number of methoxy groups -OCH3 is 1. The number of rotatable bonds is 4. The van der Waals surface area contributed by atoms with Gasteiger partial charge in [0.25, 0.3) is 0 Å². The van der Waals surface area contributed by atoms with E-state index >= 15 is 0 Å². The lowest BCUT2D eigenvalue weighted by Crippen LogP contribution is -2.04. The normalized spacial score (nSPS) is 12.2. The van der Waals surface area contributed by atoms with E-state index in [1.54, 1.807) is 19.4 Å². The summed E-state index contributed by atoms with van der Waals surface area (Å²) in [6.45, 7) is 4.12. The molecule has 0 spiro atoms. The lowest BCUT2D eigenvalue weighted by atomic mass is 9.97. The molecule has 1 aromatic heterocycles. The Morgan fingerprint density at radius 2 is 2.00 bits per heavy atom. The van der Waals surface area contributed by atoms with Crippen molar-refractivity contribution in [3.05, 3.63) is 58.8 Å². The molecule has 3 heteroatoms. The van der Waals surface area contributed by atoms with E-state index < -0.39 is 6.10 Å². The Bertz CT molecular complexity index is 549. The average Bonchev–Trinajstić information content (AvgIpc) is 2.43. The number of benzene rings is 1. The van der Waals surface area contributed by atoms with Crippen LogP contribution in [0.15, 0.2) is 36.5 Å². The molecule has 0 amide bonds. The molecule has 2 rings (SSSR count). The fourth-order valence-electron chi connectivity index (χ4n) is 2.06. The minimum atomic E-state index is -0.543. The predicted octanol–water partition coefficient (Wildman–Crippen LogP) is 2.98. The molecule has 3 nitrogen and oxygen atoms in total. The first-order chi connectivity index (χ1) is 9.10. The molecule has 1 N–H and O–H groups in total. The van der Waals surface area contributed by atoms with Gasteiger partial charge in [-0.2, -0.15) is 0 Å². The van der Waals surface area contributed by atoms with Crippen molar-refractivity contribution < 1.29 is 9.84 Å². The summed E-state index contributed by atoms with van der Waals surface area (Å²) in [6.07, 6.45) is 1.72. The van der Waals surface area contributed by atoms with Gasteiger partial charge in [-0.05, 0) is 36.6 Å². The molecule has 2 aromatic rings. The van der Waals surface area contributed by atoms with Crippen LogP contribution in [0, 0.1) is 13.8 Å². The third-order valence-electron chi connectivity index (χ3n) is 3.27. The maximum absolute atomic E-state index is 10.3. The number of aryl methyl sites for hydroxylation is 2. The third kappa shape index (κ3) is 3.32. The Hall–Kier alpha value is -1.87. The van der Waals surface area contributed by atoms with Crippen LogP contribution in [0.1, 0.15) is 28.4 Å². The van der Waals surface area contributed by atoms with E-state index in [2.05, 4.69) is 37.0 Å². The van der Waals surface area contributed by atoms with E-state index in [0.717, 1.165) is 5.56 Å². The topological polar surface area (TPSA) is 42.4 Å². The van der Waals surface area contributed by atoms with Crippen molar-refractivity contribution in [3.8, 4) is 5.88 Å². The zero-order valence-electron chi connectivity index (χ0n) is 11.6. The van der Waals surface area contributed by atoms with Crippen molar-refractivity contribution >= 4 is 0 Å². The minimum Gasteiger partial charge on any atom is -0.481 e. The summed E-state index contributed by atoms with van der Waals surface area (Å²) in [5.74, 6) is 0.558. The van der Waals surface area contributed by atoms with Crippen LogP contribution in [-0.4, -0.2) is 17.2 Å². The van der Waals surface area contributed by atoms with Crippen molar-refractivity contribution in [3.63, 3.8) is 0 Å². The van der Waals surface area contributed by atoms with Crippen LogP contribution in [0.3, 0.4) is 0 Å². The van der Waals surface area contributed by atoms with Crippen LogP contribution in [0.2, 0.25) is 0 Å². The van der Waals surface area contributed by atoms with Crippen molar-refractivity contribution in [1.29, 1.82) is 0 Å². The molecule has 0 radical (unpaired) electrons. The number of hydrogen-bond donors (Lipinski definition) is 1. The van der Waals surface area contributed by atoms with Gasteiger partial charge < -0.3 is 9.84 Å². The molecule has 1 aromatic carbocycles. The number of hydrogen-bond acceptors (Lipinski definition) is 3. The molecule has 1 atom stereocenters. The average molecular weight is 257 g/mol. The number of aromatic nitrogens is 1. The summed E-state index contributed by atoms with van der Waals surface area (Å²) in [7, 11) is 1.58. The molecule has 0 saturated heterocycles. The first-order valence-corrected chi connectivity index (χ1v) is 6.34. The van der Waals surface area contributed by atoms with E-state index in [1.807, 2.05) is 6.07 Å². The summed E-state index contributed by atoms with van der Waals surface area (Å²) in [5.41, 5.74) is 4.39. The number of aliphatic hydroxyl groups excluding tert-OH is 1. The van der Waals surface area contributed by atoms with Crippen molar-refractivity contribution in [2.24, 2.45) is 0 Å². The third-order valence-corrected chi connectivity index (χ3v) is 3.27. The number of nitrogens with zero attached hydrogens (tertiary/aromatic N) is 1. The molecule has 19 heavy (non-hydrogen) atoms. The van der Waals surface area contributed by atoms with Crippen molar-refractivity contribution in [2.45, 2.75) is 26.4 Å². The second kappa shape index (κ2) is 5.85. The van der Waals surface area contributed by atoms with Gasteiger partial charge in [-0.3, -0.25) is 0 Å². The highest BCUT2D eigenvalue weighted by Gasteiger charge is 2.11. The lowest BCUT2D eigenvalue weighted by molar-refractivity contribution is 0.177. The molecule has 0 aliphatic rings. The van der Waals surface area contributed by atoms with Crippen LogP contribution in [0.25, 0.3) is 0 Å². The SMILES string of the molecule is COc1ccc(C(O)Cc2cc(C)ccc2C)cn1. The van der Waals surface area contributed by atoms with Gasteiger partial charge in [0, 0.05) is 18.7 Å². The molecule has 0 aliphatic heterocycles. The number of aliphatic hydroxyl groups is 1. The Kier molecular flexibility index (Phi) is 4.17. The monoisotopic (exact) mass is 257 g/mol. The second-order valence-electron chi connectivity index (χ2n) is 4.78. The van der Waals surface area contributed by atoms with Gasteiger partial charge in [-0.1, -0.05) is 23.8 Å². The molecule has 1 unspecified atom stereocenters. The van der Waals surface area contributed by atoms with E-state index in [0.29, 0.717) is 12.3 Å². The van der Waals surface area contributed by atoms with Crippen LogP contribution < -0.4 is 4.74 Å². The Labute approximate surface area is 113 Å². The molecule has 0 aliphatic carbocycles. The fraction of sp³-hybridized carbons (Fsp3) is 0.312. The van der Waals surface area contributed by atoms with E-state index in [1.165, 1.54) is 16.7 Å². The maximum atomic E-state index is 10.3. The second-order valence-corrected chi connectivity index (χ2v) is 4.78. The smallest absolute Gasteiger partial charge is 0.212 e. The van der Waals surface area contributed by atoms with Gasteiger partial charge >= 0.3 is 0 Å². The molecule has 0 saturated carbocycles. The van der Waals surface area contributed by atoms with Crippen LogP contribution >= 0.6 is 0 Å². The zero-order valence-corrected chi connectivity index (χ0v) is 11.6. The van der Waals surface area contributed by atoms with Gasteiger partial charge in [0.1, 0.15) is 0 Å². The van der Waals surface area contributed by atoms with Gasteiger partial charge in [-0.15, -0.1) is 0 Å². The Morgan fingerprint density at radius 1 is 1.21 bits per heavy atom. The Morgan fingerprint density at radius 3 is 2.63 bits per heavy atom. The molecule has 1 heterocycles. The molecular formula is C16H19NO2. The quantitative estimate of drug-likeness (QED) is 0.915. The van der Waals surface area contributed by atoms with Crippen LogP contribution in [0.5, 0.6) is 5.88 Å². The largest absolute Gasteiger partial charge is 0.481 e. The van der Waals surface area contributed by atoms with Crippen molar-refractivity contribution in [1.82, 2.24) is 4.98 Å². The van der Waals surface area contributed by atoms with Crippen LogP contribution in [-0.2, 0) is 6.42 Å². The highest BCUT2D eigenvalue weighted by Crippen LogP contribution is 2.21. The minimum absolute atomic E-state index is 0.543. The molecular weight excluding hydrogens is 238 g/mol. The maximum Gasteiger partial charge on any atom is 0.212 e. The number of pyridine rings is 1.